The number of nitrogens with zero attached hydrogens (tertiary/aromatic N) is 4. The summed E-state index contributed by atoms with van der Waals surface area (Å²) in [5.41, 5.74) is 3.01. The van der Waals surface area contributed by atoms with E-state index in [2.05, 4.69) is 24.9 Å². The molecule has 8 nitrogen and oxygen atoms in total. The number of anilines is 1. The Morgan fingerprint density at radius 3 is 2.62 bits per heavy atom. The Balaban J connectivity index is 1.83. The summed E-state index contributed by atoms with van der Waals surface area (Å²) in [6.45, 7) is 0. The second kappa shape index (κ2) is 7.71. The molecule has 0 aliphatic carbocycles. The number of methoxy groups -OCH3 is 1. The second-order valence-corrected chi connectivity index (χ2v) is 9.05. The molecule has 0 amide bonds. The summed E-state index contributed by atoms with van der Waals surface area (Å²) in [5.74, 6) is 0.481. The molecule has 12 heteroatoms. The molecule has 0 bridgehead atoms. The first-order chi connectivity index (χ1) is 13.9. The number of ether oxygens (including phenoxy) is 1. The smallest absolute Gasteiger partial charge is 0.263 e. The maximum absolute atomic E-state index is 12.6. The van der Waals surface area contributed by atoms with E-state index >= 15 is 0 Å². The highest BCUT2D eigenvalue weighted by atomic mass is 35.5. The van der Waals surface area contributed by atoms with E-state index < -0.39 is 10.0 Å². The highest BCUT2D eigenvalue weighted by Crippen LogP contribution is 2.38. The molecule has 0 spiro atoms. The third-order valence-electron chi connectivity index (χ3n) is 4.00. The molecule has 1 N–H and O–H groups in total. The Kier molecular flexibility index (Phi) is 5.26. The summed E-state index contributed by atoms with van der Waals surface area (Å²) >= 11 is 13.3. The van der Waals surface area contributed by atoms with Crippen LogP contribution in [0.2, 0.25) is 10.0 Å². The summed E-state index contributed by atoms with van der Waals surface area (Å²) in [7, 11) is -2.33. The molecule has 0 aliphatic rings. The van der Waals surface area contributed by atoms with Crippen LogP contribution in [0.25, 0.3) is 22.2 Å². The lowest BCUT2D eigenvalue weighted by Crippen LogP contribution is -2.12. The monoisotopic (exact) mass is 467 g/mol. The van der Waals surface area contributed by atoms with Gasteiger partial charge in [-0.3, -0.25) is 4.72 Å². The van der Waals surface area contributed by atoms with Crippen LogP contribution < -0.4 is 9.46 Å². The number of halogens is 2. The van der Waals surface area contributed by atoms with Crippen LogP contribution in [0, 0.1) is 0 Å². The van der Waals surface area contributed by atoms with Gasteiger partial charge in [0, 0.05) is 17.0 Å². The highest BCUT2D eigenvalue weighted by molar-refractivity contribution is 7.93. The van der Waals surface area contributed by atoms with Gasteiger partial charge in [-0.15, -0.1) is 10.2 Å². The molecule has 0 atom stereocenters. The van der Waals surface area contributed by atoms with E-state index in [1.165, 1.54) is 31.1 Å². The lowest BCUT2D eigenvalue weighted by atomic mass is 10.1. The SMILES string of the molecule is COc1cc(Cl)c(Cl)cc1-c1ncnc2cc(S(=O)(=O)Nc3nncs3)ccc12. The predicted molar refractivity (Wildman–Crippen MR) is 112 cm³/mol. The van der Waals surface area contributed by atoms with Gasteiger partial charge >= 0.3 is 0 Å². The topological polar surface area (TPSA) is 107 Å². The van der Waals surface area contributed by atoms with Gasteiger partial charge in [-0.2, -0.15) is 0 Å². The maximum atomic E-state index is 12.6. The van der Waals surface area contributed by atoms with Gasteiger partial charge in [-0.1, -0.05) is 34.5 Å². The Hall–Kier alpha value is -2.53. The zero-order valence-electron chi connectivity index (χ0n) is 14.6. The van der Waals surface area contributed by atoms with Crippen molar-refractivity contribution in [1.82, 2.24) is 20.2 Å². The Bertz CT molecular complexity index is 1310. The van der Waals surface area contributed by atoms with Crippen molar-refractivity contribution in [2.75, 3.05) is 11.8 Å². The number of fused-ring (bicyclic) bond motifs is 1. The fourth-order valence-corrected chi connectivity index (χ4v) is 4.72. The van der Waals surface area contributed by atoms with Crippen LogP contribution in [0.15, 0.2) is 47.1 Å². The quantitative estimate of drug-likeness (QED) is 0.466. The molecule has 0 saturated heterocycles. The number of sulfonamides is 1. The molecule has 2 aromatic heterocycles. The Morgan fingerprint density at radius 1 is 1.10 bits per heavy atom. The van der Waals surface area contributed by atoms with E-state index in [-0.39, 0.29) is 10.0 Å². The minimum absolute atomic E-state index is 0.0333. The minimum atomic E-state index is -3.84. The predicted octanol–water partition coefficient (Wildman–Crippen LogP) is 4.26. The number of hydrogen-bond acceptors (Lipinski definition) is 8. The van der Waals surface area contributed by atoms with Gasteiger partial charge in [0.1, 0.15) is 17.6 Å². The standard InChI is InChI=1S/C17H11Cl2N5O3S2/c1-27-15-6-13(19)12(18)5-11(15)16-10-3-2-9(4-14(10)20-7-21-16)29(25,26)24-17-23-22-8-28-17/h2-8H,1H3,(H,23,24). The van der Waals surface area contributed by atoms with Gasteiger partial charge in [0.05, 0.1) is 33.3 Å². The fourth-order valence-electron chi connectivity index (χ4n) is 2.69. The van der Waals surface area contributed by atoms with Crippen LogP contribution in [-0.2, 0) is 10.0 Å². The van der Waals surface area contributed by atoms with Gasteiger partial charge < -0.3 is 4.74 Å². The number of aromatic nitrogens is 4. The van der Waals surface area contributed by atoms with Gasteiger partial charge in [0.2, 0.25) is 5.13 Å². The Morgan fingerprint density at radius 2 is 1.90 bits per heavy atom. The number of benzene rings is 2. The number of nitrogens with one attached hydrogen (secondary N) is 1. The van der Waals surface area contributed by atoms with E-state index in [0.29, 0.717) is 38.0 Å². The van der Waals surface area contributed by atoms with Gasteiger partial charge in [-0.25, -0.2) is 18.4 Å². The molecular formula is C17H11Cl2N5O3S2. The van der Waals surface area contributed by atoms with Crippen LogP contribution in [0.5, 0.6) is 5.75 Å². The largest absolute Gasteiger partial charge is 0.496 e. The third kappa shape index (κ3) is 3.84. The van der Waals surface area contributed by atoms with Crippen molar-refractivity contribution in [2.24, 2.45) is 0 Å². The molecular weight excluding hydrogens is 457 g/mol. The third-order valence-corrected chi connectivity index (χ3v) is 6.79. The molecule has 0 radical (unpaired) electrons. The molecule has 0 unspecified atom stereocenters. The average molecular weight is 468 g/mol. The van der Waals surface area contributed by atoms with Crippen molar-refractivity contribution in [2.45, 2.75) is 4.90 Å². The molecule has 4 aromatic rings. The molecule has 4 rings (SSSR count). The normalized spacial score (nSPS) is 11.6. The van der Waals surface area contributed by atoms with E-state index in [1.807, 2.05) is 0 Å². The summed E-state index contributed by atoms with van der Waals surface area (Å²) < 4.78 is 33.0. The molecule has 29 heavy (non-hydrogen) atoms. The van der Waals surface area contributed by atoms with Crippen molar-refractivity contribution in [3.05, 3.63) is 52.2 Å². The average Bonchev–Trinajstić information content (AvgIpc) is 3.21. The first-order valence-electron chi connectivity index (χ1n) is 7.96. The summed E-state index contributed by atoms with van der Waals surface area (Å²) in [4.78, 5) is 8.57. The van der Waals surface area contributed by atoms with Crippen LogP contribution in [0.4, 0.5) is 5.13 Å². The van der Waals surface area contributed by atoms with Crippen molar-refractivity contribution in [1.29, 1.82) is 0 Å². The fraction of sp³-hybridized carbons (Fsp3) is 0.0588. The van der Waals surface area contributed by atoms with E-state index in [9.17, 15) is 8.42 Å². The van der Waals surface area contributed by atoms with Crippen LogP contribution in [0.1, 0.15) is 0 Å². The molecule has 148 valence electrons. The number of hydrogen-bond donors (Lipinski definition) is 1. The molecule has 2 heterocycles. The zero-order valence-corrected chi connectivity index (χ0v) is 17.8. The van der Waals surface area contributed by atoms with Crippen LogP contribution in [0.3, 0.4) is 0 Å². The lowest BCUT2D eigenvalue weighted by molar-refractivity contribution is 0.416. The lowest BCUT2D eigenvalue weighted by Gasteiger charge is -2.12. The van der Waals surface area contributed by atoms with E-state index in [4.69, 9.17) is 27.9 Å². The first kappa shape index (κ1) is 19.8. The molecule has 0 fully saturated rings. The van der Waals surface area contributed by atoms with Crippen molar-refractivity contribution >= 4 is 60.6 Å². The van der Waals surface area contributed by atoms with Gasteiger partial charge in [0.25, 0.3) is 10.0 Å². The number of rotatable bonds is 5. The first-order valence-corrected chi connectivity index (χ1v) is 11.1. The summed E-state index contributed by atoms with van der Waals surface area (Å²) in [5, 5.41) is 8.80. The molecule has 0 saturated carbocycles. The van der Waals surface area contributed by atoms with Crippen LogP contribution >= 0.6 is 34.5 Å². The zero-order chi connectivity index (χ0) is 20.6. The van der Waals surface area contributed by atoms with E-state index in [0.717, 1.165) is 11.3 Å². The van der Waals surface area contributed by atoms with Crippen molar-refractivity contribution in [3.63, 3.8) is 0 Å². The van der Waals surface area contributed by atoms with Crippen molar-refractivity contribution < 1.29 is 13.2 Å². The molecule has 0 aliphatic heterocycles. The Labute approximate surface area is 179 Å². The molecule has 2 aromatic carbocycles. The van der Waals surface area contributed by atoms with Gasteiger partial charge in [-0.05, 0) is 24.3 Å². The second-order valence-electron chi connectivity index (χ2n) is 5.72. The van der Waals surface area contributed by atoms with Crippen LogP contribution in [-0.4, -0.2) is 35.7 Å². The minimum Gasteiger partial charge on any atom is -0.496 e. The highest BCUT2D eigenvalue weighted by Gasteiger charge is 2.19. The summed E-state index contributed by atoms with van der Waals surface area (Å²) in [6.07, 6.45) is 1.34. The maximum Gasteiger partial charge on any atom is 0.263 e. The van der Waals surface area contributed by atoms with Gasteiger partial charge in [0.15, 0.2) is 0 Å². The van der Waals surface area contributed by atoms with E-state index in [1.54, 1.807) is 18.2 Å². The van der Waals surface area contributed by atoms with Crippen molar-refractivity contribution in [3.8, 4) is 17.0 Å². The summed E-state index contributed by atoms with van der Waals surface area (Å²) in [6, 6.07) is 7.78.